The van der Waals surface area contributed by atoms with E-state index in [9.17, 15) is 4.79 Å². The molecule has 0 aliphatic carbocycles. The van der Waals surface area contributed by atoms with E-state index in [2.05, 4.69) is 37.0 Å². The molecule has 6 nitrogen and oxygen atoms in total. The summed E-state index contributed by atoms with van der Waals surface area (Å²) in [4.78, 5) is 18.3. The number of nitrogens with zero attached hydrogens (tertiary/aromatic N) is 3. The van der Waals surface area contributed by atoms with E-state index in [0.29, 0.717) is 56.5 Å². The van der Waals surface area contributed by atoms with Crippen LogP contribution in [0.3, 0.4) is 0 Å². The van der Waals surface area contributed by atoms with Crippen LogP contribution in [0.2, 0.25) is 5.02 Å². The number of aryl methyl sites for hydroxylation is 1. The summed E-state index contributed by atoms with van der Waals surface area (Å²) < 4.78 is 14.7. The molecule has 1 aromatic heterocycles. The summed E-state index contributed by atoms with van der Waals surface area (Å²) in [6.45, 7) is 10.7. The van der Waals surface area contributed by atoms with Gasteiger partial charge in [0, 0.05) is 19.9 Å². The van der Waals surface area contributed by atoms with Gasteiger partial charge in [0.15, 0.2) is 11.5 Å². The summed E-state index contributed by atoms with van der Waals surface area (Å²) in [6, 6.07) is 15.3. The zero-order valence-electron chi connectivity index (χ0n) is 21.8. The lowest BCUT2D eigenvalue weighted by Gasteiger charge is -2.21. The van der Waals surface area contributed by atoms with Gasteiger partial charge < -0.3 is 9.47 Å². The van der Waals surface area contributed by atoms with Crippen LogP contribution < -0.4 is 15.0 Å². The van der Waals surface area contributed by atoms with Crippen LogP contribution >= 0.6 is 43.5 Å². The van der Waals surface area contributed by atoms with Crippen LogP contribution in [-0.4, -0.2) is 22.5 Å². The highest BCUT2D eigenvalue weighted by Gasteiger charge is 2.23. The van der Waals surface area contributed by atoms with Gasteiger partial charge in [-0.2, -0.15) is 9.78 Å². The topological polar surface area (TPSA) is 65.7 Å². The van der Waals surface area contributed by atoms with E-state index in [1.54, 1.807) is 18.3 Å². The van der Waals surface area contributed by atoms with Gasteiger partial charge in [0.2, 0.25) is 0 Å². The van der Waals surface area contributed by atoms with E-state index < -0.39 is 5.41 Å². The molecular weight excluding hydrogens is 634 g/mol. The number of halogens is 3. The minimum atomic E-state index is -0.434. The molecule has 0 atom stereocenters. The van der Waals surface area contributed by atoms with Crippen molar-refractivity contribution in [3.05, 3.63) is 95.4 Å². The number of benzene rings is 3. The zero-order chi connectivity index (χ0) is 27.6. The Morgan fingerprint density at radius 2 is 1.79 bits per heavy atom. The Hall–Kier alpha value is -2.68. The Balaban J connectivity index is 1.77. The quantitative estimate of drug-likeness (QED) is 0.188. The van der Waals surface area contributed by atoms with E-state index in [1.807, 2.05) is 71.0 Å². The molecule has 0 radical (unpaired) electrons. The molecule has 0 unspecified atom stereocenters. The third-order valence-electron chi connectivity index (χ3n) is 5.75. The van der Waals surface area contributed by atoms with Gasteiger partial charge >= 0.3 is 0 Å². The first-order valence-electron chi connectivity index (χ1n) is 12.1. The first-order valence-corrected chi connectivity index (χ1v) is 14.1. The van der Waals surface area contributed by atoms with Crippen molar-refractivity contribution in [3.63, 3.8) is 0 Å². The van der Waals surface area contributed by atoms with Crippen molar-refractivity contribution < 1.29 is 9.47 Å². The van der Waals surface area contributed by atoms with E-state index in [0.717, 1.165) is 10.0 Å². The van der Waals surface area contributed by atoms with Gasteiger partial charge in [0.25, 0.3) is 5.56 Å². The van der Waals surface area contributed by atoms with Crippen LogP contribution in [0.1, 0.15) is 50.2 Å². The second-order valence-electron chi connectivity index (χ2n) is 9.84. The molecule has 38 heavy (non-hydrogen) atoms. The lowest BCUT2D eigenvalue weighted by atomic mass is 9.95. The molecule has 3 aromatic carbocycles. The lowest BCUT2D eigenvalue weighted by molar-refractivity contribution is 0.269. The molecule has 4 aromatic rings. The van der Waals surface area contributed by atoms with Crippen LogP contribution in [0, 0.1) is 6.92 Å². The highest BCUT2D eigenvalue weighted by atomic mass is 79.9. The number of rotatable bonds is 7. The number of aromatic nitrogens is 2. The van der Waals surface area contributed by atoms with E-state index >= 15 is 0 Å². The van der Waals surface area contributed by atoms with Gasteiger partial charge in [-0.1, -0.05) is 78.1 Å². The minimum absolute atomic E-state index is 0.261. The fraction of sp³-hybridized carbons (Fsp3) is 0.276. The molecule has 0 N–H and O–H groups in total. The van der Waals surface area contributed by atoms with Gasteiger partial charge in [0.05, 0.1) is 23.7 Å². The zero-order valence-corrected chi connectivity index (χ0v) is 25.7. The maximum Gasteiger partial charge on any atom is 0.282 e. The van der Waals surface area contributed by atoms with Crippen LogP contribution in [0.5, 0.6) is 11.5 Å². The van der Waals surface area contributed by atoms with E-state index in [4.69, 9.17) is 26.1 Å². The molecule has 1 heterocycles. The summed E-state index contributed by atoms with van der Waals surface area (Å²) in [5.41, 5.74) is 2.74. The molecule has 0 amide bonds. The maximum atomic E-state index is 13.5. The van der Waals surface area contributed by atoms with Crippen molar-refractivity contribution in [2.75, 3.05) is 6.61 Å². The SMILES string of the molecule is CCOc1cc(C=Nn2c(C(C)(C)C)nc3ccc(Br)cc3c2=O)c(Br)c(Cl)c1OCc1ccc(C)cc1. The fourth-order valence-electron chi connectivity index (χ4n) is 3.80. The van der Waals surface area contributed by atoms with Crippen molar-refractivity contribution >= 4 is 60.6 Å². The van der Waals surface area contributed by atoms with Crippen LogP contribution in [0.25, 0.3) is 10.9 Å². The summed E-state index contributed by atoms with van der Waals surface area (Å²) in [6.07, 6.45) is 1.57. The second kappa shape index (κ2) is 11.6. The third-order valence-corrected chi connectivity index (χ3v) is 7.69. The molecule has 9 heteroatoms. The van der Waals surface area contributed by atoms with E-state index in [-0.39, 0.29) is 5.56 Å². The average Bonchev–Trinajstić information content (AvgIpc) is 2.86. The molecule has 198 valence electrons. The minimum Gasteiger partial charge on any atom is -0.490 e. The van der Waals surface area contributed by atoms with Crippen molar-refractivity contribution in [1.82, 2.24) is 9.66 Å². The molecule has 0 saturated heterocycles. The molecule has 0 aliphatic heterocycles. The molecule has 0 saturated carbocycles. The van der Waals surface area contributed by atoms with Gasteiger partial charge in [-0.05, 0) is 59.6 Å². The molecule has 0 aliphatic rings. The Morgan fingerprint density at radius 3 is 2.45 bits per heavy atom. The molecular formula is C29H28Br2ClN3O3. The summed E-state index contributed by atoms with van der Waals surface area (Å²) in [7, 11) is 0. The van der Waals surface area contributed by atoms with E-state index in [1.165, 1.54) is 10.2 Å². The molecule has 4 rings (SSSR count). The lowest BCUT2D eigenvalue weighted by Crippen LogP contribution is -2.29. The van der Waals surface area contributed by atoms with Gasteiger partial charge in [-0.25, -0.2) is 4.98 Å². The Morgan fingerprint density at radius 1 is 1.08 bits per heavy atom. The largest absolute Gasteiger partial charge is 0.490 e. The Bertz CT molecular complexity index is 1580. The standard InChI is InChI=1S/C29H28Br2ClN3O3/c1-6-37-23-13-19(24(31)25(32)26(23)38-16-18-9-7-17(2)8-10-18)15-33-35-27(36)21-14-20(30)11-12-22(21)34-28(35)29(3,4)5/h7-15H,6,16H2,1-5H3. The Labute approximate surface area is 243 Å². The third kappa shape index (κ3) is 6.14. The Kier molecular flexibility index (Phi) is 8.65. The van der Waals surface area contributed by atoms with Crippen molar-refractivity contribution in [1.29, 1.82) is 0 Å². The maximum absolute atomic E-state index is 13.5. The van der Waals surface area contributed by atoms with Crippen molar-refractivity contribution in [3.8, 4) is 11.5 Å². The van der Waals surface area contributed by atoms with Crippen LogP contribution in [-0.2, 0) is 12.0 Å². The second-order valence-corrected chi connectivity index (χ2v) is 11.9. The fourth-order valence-corrected chi connectivity index (χ4v) is 4.81. The predicted molar refractivity (Wildman–Crippen MR) is 161 cm³/mol. The van der Waals surface area contributed by atoms with Crippen molar-refractivity contribution in [2.24, 2.45) is 5.10 Å². The smallest absolute Gasteiger partial charge is 0.282 e. The summed E-state index contributed by atoms with van der Waals surface area (Å²) in [5.74, 6) is 1.46. The molecule has 0 bridgehead atoms. The predicted octanol–water partition coefficient (Wildman–Crippen LogP) is 8.04. The van der Waals surface area contributed by atoms with Crippen molar-refractivity contribution in [2.45, 2.75) is 46.6 Å². The van der Waals surface area contributed by atoms with Gasteiger partial charge in [0.1, 0.15) is 17.5 Å². The summed E-state index contributed by atoms with van der Waals surface area (Å²) in [5, 5.41) is 5.40. The number of hydrogen-bond donors (Lipinski definition) is 0. The normalized spacial score (nSPS) is 11.9. The highest BCUT2D eigenvalue weighted by Crippen LogP contribution is 2.42. The summed E-state index contributed by atoms with van der Waals surface area (Å²) >= 11 is 13.8. The van der Waals surface area contributed by atoms with Crippen LogP contribution in [0.4, 0.5) is 0 Å². The average molecular weight is 662 g/mol. The molecule has 0 fully saturated rings. The number of hydrogen-bond acceptors (Lipinski definition) is 5. The van der Waals surface area contributed by atoms with Gasteiger partial charge in [-0.15, -0.1) is 0 Å². The first kappa shape index (κ1) is 28.3. The first-order chi connectivity index (χ1) is 18.0. The monoisotopic (exact) mass is 659 g/mol. The molecule has 0 spiro atoms. The van der Waals surface area contributed by atoms with Gasteiger partial charge in [-0.3, -0.25) is 4.79 Å². The number of ether oxygens (including phenoxy) is 2. The van der Waals surface area contributed by atoms with Crippen LogP contribution in [0.15, 0.2) is 67.4 Å². The highest BCUT2D eigenvalue weighted by molar-refractivity contribution is 9.10. The number of fused-ring (bicyclic) bond motifs is 1.